The minimum atomic E-state index is -0.120. The standard InChI is InChI=1S/C14H19NO4/c1-17-14-7-10(12(16)8-15)4-5-13(14)19-11-3-2-6-18-9-11/h4-5,7,11H,2-3,6,8-9,15H2,1H3. The molecule has 0 spiro atoms. The number of hydrogen-bond donors (Lipinski definition) is 1. The Morgan fingerprint density at radius 2 is 2.32 bits per heavy atom. The van der Waals surface area contributed by atoms with Crippen molar-refractivity contribution in [2.45, 2.75) is 18.9 Å². The zero-order chi connectivity index (χ0) is 13.7. The van der Waals surface area contributed by atoms with E-state index in [1.165, 1.54) is 0 Å². The third-order valence-electron chi connectivity index (χ3n) is 3.08. The van der Waals surface area contributed by atoms with Gasteiger partial charge in [-0.1, -0.05) is 0 Å². The summed E-state index contributed by atoms with van der Waals surface area (Å²) in [7, 11) is 1.55. The number of nitrogens with two attached hydrogens (primary N) is 1. The van der Waals surface area contributed by atoms with Crippen LogP contribution in [0.4, 0.5) is 0 Å². The Kier molecular flexibility index (Phi) is 4.76. The van der Waals surface area contributed by atoms with Gasteiger partial charge in [0.2, 0.25) is 0 Å². The molecule has 0 radical (unpaired) electrons. The Morgan fingerprint density at radius 1 is 1.47 bits per heavy atom. The van der Waals surface area contributed by atoms with E-state index in [-0.39, 0.29) is 18.4 Å². The molecule has 1 aromatic carbocycles. The summed E-state index contributed by atoms with van der Waals surface area (Å²) < 4.78 is 16.5. The summed E-state index contributed by atoms with van der Waals surface area (Å²) in [5.41, 5.74) is 5.88. The Morgan fingerprint density at radius 3 is 2.95 bits per heavy atom. The van der Waals surface area contributed by atoms with Crippen LogP contribution in [0.15, 0.2) is 18.2 Å². The lowest BCUT2D eigenvalue weighted by atomic mass is 10.1. The van der Waals surface area contributed by atoms with E-state index < -0.39 is 0 Å². The van der Waals surface area contributed by atoms with Crippen LogP contribution in [-0.2, 0) is 4.74 Å². The average molecular weight is 265 g/mol. The van der Waals surface area contributed by atoms with Crippen molar-refractivity contribution in [3.05, 3.63) is 23.8 Å². The molecule has 1 heterocycles. The van der Waals surface area contributed by atoms with Gasteiger partial charge in [-0.25, -0.2) is 0 Å². The second-order valence-corrected chi connectivity index (χ2v) is 4.45. The lowest BCUT2D eigenvalue weighted by molar-refractivity contribution is 0.00643. The zero-order valence-corrected chi connectivity index (χ0v) is 11.1. The second kappa shape index (κ2) is 6.54. The molecule has 0 aliphatic carbocycles. The van der Waals surface area contributed by atoms with E-state index in [9.17, 15) is 4.79 Å². The van der Waals surface area contributed by atoms with Crippen LogP contribution in [0.2, 0.25) is 0 Å². The molecule has 0 saturated carbocycles. The Balaban J connectivity index is 2.13. The van der Waals surface area contributed by atoms with E-state index in [1.54, 1.807) is 25.3 Å². The van der Waals surface area contributed by atoms with E-state index >= 15 is 0 Å². The smallest absolute Gasteiger partial charge is 0.176 e. The molecule has 1 saturated heterocycles. The number of ketones is 1. The minimum Gasteiger partial charge on any atom is -0.493 e. The number of carbonyl (C=O) groups excluding carboxylic acids is 1. The van der Waals surface area contributed by atoms with Crippen molar-refractivity contribution in [3.8, 4) is 11.5 Å². The van der Waals surface area contributed by atoms with Crippen molar-refractivity contribution in [2.24, 2.45) is 5.73 Å². The molecule has 1 aromatic rings. The second-order valence-electron chi connectivity index (χ2n) is 4.45. The molecule has 2 rings (SSSR count). The molecule has 1 aliphatic rings. The molecule has 19 heavy (non-hydrogen) atoms. The zero-order valence-electron chi connectivity index (χ0n) is 11.1. The fraction of sp³-hybridized carbons (Fsp3) is 0.500. The Hall–Kier alpha value is -1.59. The molecule has 1 aliphatic heterocycles. The third-order valence-corrected chi connectivity index (χ3v) is 3.08. The normalized spacial score (nSPS) is 18.9. The van der Waals surface area contributed by atoms with Crippen LogP contribution in [0.1, 0.15) is 23.2 Å². The van der Waals surface area contributed by atoms with Gasteiger partial charge in [-0.05, 0) is 31.0 Å². The number of Topliss-reactive ketones (excluding diaryl/α,β-unsaturated/α-hetero) is 1. The largest absolute Gasteiger partial charge is 0.493 e. The lowest BCUT2D eigenvalue weighted by Gasteiger charge is -2.24. The predicted molar refractivity (Wildman–Crippen MR) is 70.8 cm³/mol. The molecule has 104 valence electrons. The van der Waals surface area contributed by atoms with Gasteiger partial charge < -0.3 is 19.9 Å². The van der Waals surface area contributed by atoms with E-state index in [0.717, 1.165) is 19.4 Å². The van der Waals surface area contributed by atoms with E-state index in [1.807, 2.05) is 0 Å². The quantitative estimate of drug-likeness (QED) is 0.815. The molecule has 0 aromatic heterocycles. The highest BCUT2D eigenvalue weighted by Gasteiger charge is 2.18. The minimum absolute atomic E-state index is 0.0141. The van der Waals surface area contributed by atoms with Gasteiger partial charge in [-0.15, -0.1) is 0 Å². The molecule has 1 unspecified atom stereocenters. The van der Waals surface area contributed by atoms with Crippen molar-refractivity contribution < 1.29 is 19.0 Å². The summed E-state index contributed by atoms with van der Waals surface area (Å²) in [6.07, 6.45) is 2.00. The predicted octanol–water partition coefficient (Wildman–Crippen LogP) is 1.39. The highest BCUT2D eigenvalue weighted by atomic mass is 16.5. The average Bonchev–Trinajstić information content (AvgIpc) is 2.48. The number of benzene rings is 1. The van der Waals surface area contributed by atoms with Crippen molar-refractivity contribution in [1.82, 2.24) is 0 Å². The summed E-state index contributed by atoms with van der Waals surface area (Å²) in [5.74, 6) is 1.06. The van der Waals surface area contributed by atoms with E-state index in [2.05, 4.69) is 0 Å². The number of rotatable bonds is 5. The summed E-state index contributed by atoms with van der Waals surface area (Å²) in [4.78, 5) is 11.5. The van der Waals surface area contributed by atoms with Gasteiger partial charge in [0.15, 0.2) is 17.3 Å². The van der Waals surface area contributed by atoms with Crippen LogP contribution in [0.5, 0.6) is 11.5 Å². The molecule has 5 nitrogen and oxygen atoms in total. The van der Waals surface area contributed by atoms with Crippen LogP contribution in [0.25, 0.3) is 0 Å². The van der Waals surface area contributed by atoms with E-state index in [4.69, 9.17) is 19.9 Å². The van der Waals surface area contributed by atoms with Crippen molar-refractivity contribution >= 4 is 5.78 Å². The maximum Gasteiger partial charge on any atom is 0.176 e. The first kappa shape index (κ1) is 13.8. The number of methoxy groups -OCH3 is 1. The third kappa shape index (κ3) is 3.45. The van der Waals surface area contributed by atoms with Gasteiger partial charge in [-0.2, -0.15) is 0 Å². The highest BCUT2D eigenvalue weighted by molar-refractivity contribution is 5.98. The summed E-state index contributed by atoms with van der Waals surface area (Å²) >= 11 is 0. The molecular formula is C14H19NO4. The van der Waals surface area contributed by atoms with Crippen LogP contribution in [0, 0.1) is 0 Å². The number of hydrogen-bond acceptors (Lipinski definition) is 5. The van der Waals surface area contributed by atoms with Gasteiger partial charge in [0, 0.05) is 12.2 Å². The van der Waals surface area contributed by atoms with Crippen molar-refractivity contribution in [2.75, 3.05) is 26.9 Å². The monoisotopic (exact) mass is 265 g/mol. The fourth-order valence-electron chi connectivity index (χ4n) is 2.04. The van der Waals surface area contributed by atoms with Gasteiger partial charge in [0.05, 0.1) is 20.3 Å². The molecule has 0 amide bonds. The maximum absolute atomic E-state index is 11.5. The van der Waals surface area contributed by atoms with Gasteiger partial charge in [0.1, 0.15) is 6.10 Å². The summed E-state index contributed by atoms with van der Waals surface area (Å²) in [6.45, 7) is 1.37. The molecule has 1 atom stereocenters. The first-order valence-electron chi connectivity index (χ1n) is 6.40. The number of carbonyl (C=O) groups is 1. The number of ether oxygens (including phenoxy) is 3. The topological polar surface area (TPSA) is 70.8 Å². The van der Waals surface area contributed by atoms with Crippen LogP contribution < -0.4 is 15.2 Å². The van der Waals surface area contributed by atoms with Crippen molar-refractivity contribution in [1.29, 1.82) is 0 Å². The lowest BCUT2D eigenvalue weighted by Crippen LogP contribution is -2.28. The first-order valence-corrected chi connectivity index (χ1v) is 6.40. The molecule has 0 bridgehead atoms. The van der Waals surface area contributed by atoms with Gasteiger partial charge in [-0.3, -0.25) is 4.79 Å². The van der Waals surface area contributed by atoms with Crippen LogP contribution >= 0.6 is 0 Å². The fourth-order valence-corrected chi connectivity index (χ4v) is 2.04. The maximum atomic E-state index is 11.5. The Bertz CT molecular complexity index is 441. The molecule has 1 fully saturated rings. The SMILES string of the molecule is COc1cc(C(=O)CN)ccc1OC1CCCOC1. The Labute approximate surface area is 112 Å². The van der Waals surface area contributed by atoms with Crippen molar-refractivity contribution in [3.63, 3.8) is 0 Å². The summed E-state index contributed by atoms with van der Waals surface area (Å²) in [5, 5.41) is 0. The molecular weight excluding hydrogens is 246 g/mol. The van der Waals surface area contributed by atoms with E-state index in [0.29, 0.717) is 23.7 Å². The molecule has 5 heteroatoms. The van der Waals surface area contributed by atoms with Crippen LogP contribution in [-0.4, -0.2) is 38.8 Å². The van der Waals surface area contributed by atoms with Gasteiger partial charge in [0.25, 0.3) is 0 Å². The highest BCUT2D eigenvalue weighted by Crippen LogP contribution is 2.30. The summed E-state index contributed by atoms with van der Waals surface area (Å²) in [6, 6.07) is 5.11. The van der Waals surface area contributed by atoms with Crippen LogP contribution in [0.3, 0.4) is 0 Å². The molecule has 2 N–H and O–H groups in total. The first-order chi connectivity index (χ1) is 9.24. The van der Waals surface area contributed by atoms with Gasteiger partial charge >= 0.3 is 0 Å².